The standard InChI is InChI=1S/C32H31N3O5/c1-31-12-13-32(40-31,14-17-39-26-9-5-4-8-25(26)34-15-18-38-19-16-34)28-27(31)29(36)35(30(28)37)24-11-10-21-6-2-3-7-22(21)23(24)20-33/h2-11,27-28H,12-19H2,1H3. The van der Waals surface area contributed by atoms with Gasteiger partial charge in [0.1, 0.15) is 11.8 Å². The Hall–Kier alpha value is -3.93. The number of carbonyl (C=O) groups excluding carboxylic acids is 2. The van der Waals surface area contributed by atoms with Crippen LogP contribution in [0.4, 0.5) is 11.4 Å². The zero-order valence-electron chi connectivity index (χ0n) is 22.5. The summed E-state index contributed by atoms with van der Waals surface area (Å²) in [6.45, 7) is 5.30. The van der Waals surface area contributed by atoms with Gasteiger partial charge >= 0.3 is 0 Å². The second-order valence-electron chi connectivity index (χ2n) is 11.4. The fourth-order valence-corrected chi connectivity index (χ4v) is 7.39. The highest BCUT2D eigenvalue weighted by molar-refractivity contribution is 6.24. The van der Waals surface area contributed by atoms with Gasteiger partial charge in [0, 0.05) is 24.9 Å². The minimum Gasteiger partial charge on any atom is -0.491 e. The highest BCUT2D eigenvalue weighted by Gasteiger charge is 2.74. The molecule has 0 spiro atoms. The Morgan fingerprint density at radius 2 is 1.70 bits per heavy atom. The number of amides is 2. The number of ether oxygens (including phenoxy) is 3. The van der Waals surface area contributed by atoms with Crippen LogP contribution in [0.15, 0.2) is 60.7 Å². The predicted molar refractivity (Wildman–Crippen MR) is 149 cm³/mol. The first kappa shape index (κ1) is 25.1. The Kier molecular flexibility index (Phi) is 5.84. The third kappa shape index (κ3) is 3.65. The van der Waals surface area contributed by atoms with Gasteiger partial charge in [-0.1, -0.05) is 42.5 Å². The minimum atomic E-state index is -0.779. The average Bonchev–Trinajstić information content (AvgIpc) is 3.57. The SMILES string of the molecule is CC12CCC(CCOc3ccccc3N3CCOCC3)(O1)C1C(=O)N(c3ccc4ccccc4c3C#N)C(=O)C12. The molecule has 0 saturated carbocycles. The van der Waals surface area contributed by atoms with E-state index < -0.39 is 23.0 Å². The second-order valence-corrected chi connectivity index (χ2v) is 11.4. The van der Waals surface area contributed by atoms with Gasteiger partial charge in [-0.15, -0.1) is 0 Å². The maximum Gasteiger partial charge on any atom is 0.240 e. The molecule has 3 aromatic carbocycles. The normalized spacial score (nSPS) is 29.2. The van der Waals surface area contributed by atoms with Gasteiger partial charge in [0.25, 0.3) is 0 Å². The third-order valence-electron chi connectivity index (χ3n) is 9.27. The number of carbonyl (C=O) groups is 2. The quantitative estimate of drug-likeness (QED) is 0.429. The third-order valence-corrected chi connectivity index (χ3v) is 9.27. The molecule has 8 heteroatoms. The van der Waals surface area contributed by atoms with Crippen LogP contribution in [0.2, 0.25) is 0 Å². The Morgan fingerprint density at radius 1 is 0.950 bits per heavy atom. The van der Waals surface area contributed by atoms with Gasteiger partial charge < -0.3 is 19.1 Å². The molecule has 2 amide bonds. The molecule has 4 aliphatic rings. The Labute approximate surface area is 233 Å². The summed E-state index contributed by atoms with van der Waals surface area (Å²) < 4.78 is 18.4. The number of rotatable bonds is 6. The van der Waals surface area contributed by atoms with Gasteiger partial charge in [0.05, 0.1) is 59.8 Å². The number of anilines is 2. The van der Waals surface area contributed by atoms with Crippen molar-refractivity contribution in [2.45, 2.75) is 37.4 Å². The monoisotopic (exact) mass is 537 g/mol. The van der Waals surface area contributed by atoms with Crippen molar-refractivity contribution in [3.05, 3.63) is 66.2 Å². The number of nitrogens with zero attached hydrogens (tertiary/aromatic N) is 3. The number of morpholine rings is 1. The van der Waals surface area contributed by atoms with Crippen LogP contribution < -0.4 is 14.5 Å². The van der Waals surface area contributed by atoms with Crippen LogP contribution >= 0.6 is 0 Å². The van der Waals surface area contributed by atoms with Crippen LogP contribution in [0.1, 0.15) is 31.7 Å². The molecule has 0 aliphatic carbocycles. The van der Waals surface area contributed by atoms with Crippen LogP contribution in [0, 0.1) is 23.2 Å². The van der Waals surface area contributed by atoms with Crippen LogP contribution in [0.3, 0.4) is 0 Å². The van der Waals surface area contributed by atoms with Crippen molar-refractivity contribution in [2.24, 2.45) is 11.8 Å². The number of fused-ring (bicyclic) bond motifs is 6. The van der Waals surface area contributed by atoms with Gasteiger partial charge in [0.15, 0.2) is 0 Å². The van der Waals surface area contributed by atoms with E-state index in [0.29, 0.717) is 50.3 Å². The maximum atomic E-state index is 14.1. The second kappa shape index (κ2) is 9.33. The molecule has 8 nitrogen and oxygen atoms in total. The minimum absolute atomic E-state index is 0.274. The molecule has 4 fully saturated rings. The van der Waals surface area contributed by atoms with Crippen molar-refractivity contribution in [3.8, 4) is 11.8 Å². The average molecular weight is 538 g/mol. The Bertz CT molecular complexity index is 1560. The summed E-state index contributed by atoms with van der Waals surface area (Å²) in [6, 6.07) is 21.4. The molecule has 4 unspecified atom stereocenters. The van der Waals surface area contributed by atoms with E-state index in [1.54, 1.807) is 6.07 Å². The van der Waals surface area contributed by atoms with Crippen LogP contribution in [-0.4, -0.2) is 55.9 Å². The number of hydrogen-bond donors (Lipinski definition) is 0. The summed E-state index contributed by atoms with van der Waals surface area (Å²) in [5.74, 6) is -0.938. The fraction of sp³-hybridized carbons (Fsp3) is 0.406. The first-order chi connectivity index (χ1) is 19.5. The lowest BCUT2D eigenvalue weighted by Crippen LogP contribution is -2.43. The molecule has 4 aliphatic heterocycles. The Balaban J connectivity index is 1.16. The summed E-state index contributed by atoms with van der Waals surface area (Å²) in [6.07, 6.45) is 1.89. The molecule has 4 heterocycles. The molecular weight excluding hydrogens is 506 g/mol. The highest BCUT2D eigenvalue weighted by atomic mass is 16.5. The van der Waals surface area contributed by atoms with E-state index in [-0.39, 0.29) is 11.8 Å². The van der Waals surface area contributed by atoms with Gasteiger partial charge in [-0.05, 0) is 43.4 Å². The van der Waals surface area contributed by atoms with Crippen molar-refractivity contribution >= 4 is 34.0 Å². The van der Waals surface area contributed by atoms with Gasteiger partial charge in [-0.2, -0.15) is 5.26 Å². The number of nitriles is 1. The zero-order chi connectivity index (χ0) is 27.5. The fourth-order valence-electron chi connectivity index (χ4n) is 7.39. The van der Waals surface area contributed by atoms with Crippen molar-refractivity contribution in [3.63, 3.8) is 0 Å². The van der Waals surface area contributed by atoms with E-state index in [2.05, 4.69) is 17.0 Å². The number of hydrogen-bond acceptors (Lipinski definition) is 7. The molecule has 204 valence electrons. The van der Waals surface area contributed by atoms with E-state index >= 15 is 0 Å². The molecule has 0 radical (unpaired) electrons. The molecule has 40 heavy (non-hydrogen) atoms. The smallest absolute Gasteiger partial charge is 0.240 e. The van der Waals surface area contributed by atoms with E-state index in [1.807, 2.05) is 55.5 Å². The van der Waals surface area contributed by atoms with Crippen molar-refractivity contribution < 1.29 is 23.8 Å². The van der Waals surface area contributed by atoms with Crippen molar-refractivity contribution in [1.29, 1.82) is 5.26 Å². The maximum absolute atomic E-state index is 14.1. The summed E-state index contributed by atoms with van der Waals surface area (Å²) >= 11 is 0. The molecule has 2 bridgehead atoms. The van der Waals surface area contributed by atoms with E-state index in [9.17, 15) is 14.9 Å². The van der Waals surface area contributed by atoms with E-state index in [0.717, 1.165) is 35.3 Å². The predicted octanol–water partition coefficient (Wildman–Crippen LogP) is 4.44. The molecule has 7 rings (SSSR count). The molecule has 0 N–H and O–H groups in total. The van der Waals surface area contributed by atoms with Crippen molar-refractivity contribution in [2.75, 3.05) is 42.7 Å². The number of benzene rings is 3. The number of para-hydroxylation sites is 2. The van der Waals surface area contributed by atoms with Gasteiger partial charge in [-0.3, -0.25) is 9.59 Å². The van der Waals surface area contributed by atoms with Gasteiger partial charge in [-0.25, -0.2) is 4.90 Å². The molecule has 3 aromatic rings. The van der Waals surface area contributed by atoms with Crippen LogP contribution in [0.5, 0.6) is 5.75 Å². The topological polar surface area (TPSA) is 92.1 Å². The lowest BCUT2D eigenvalue weighted by molar-refractivity contribution is -0.131. The summed E-state index contributed by atoms with van der Waals surface area (Å²) in [5, 5.41) is 11.7. The molecular formula is C32H31N3O5. The summed E-state index contributed by atoms with van der Waals surface area (Å²) in [4.78, 5) is 31.5. The van der Waals surface area contributed by atoms with E-state index in [4.69, 9.17) is 14.2 Å². The van der Waals surface area contributed by atoms with Crippen LogP contribution in [0.25, 0.3) is 10.8 Å². The largest absolute Gasteiger partial charge is 0.491 e. The van der Waals surface area contributed by atoms with Crippen LogP contribution in [-0.2, 0) is 19.1 Å². The number of imide groups is 1. The first-order valence-corrected chi connectivity index (χ1v) is 14.0. The Morgan fingerprint density at radius 3 is 2.52 bits per heavy atom. The lowest BCUT2D eigenvalue weighted by Gasteiger charge is -2.32. The van der Waals surface area contributed by atoms with Gasteiger partial charge in [0.2, 0.25) is 11.8 Å². The molecule has 0 aromatic heterocycles. The summed E-state index contributed by atoms with van der Waals surface area (Å²) in [7, 11) is 0. The highest BCUT2D eigenvalue weighted by Crippen LogP contribution is 2.62. The van der Waals surface area contributed by atoms with E-state index in [1.165, 1.54) is 4.90 Å². The first-order valence-electron chi connectivity index (χ1n) is 14.0. The lowest BCUT2D eigenvalue weighted by atomic mass is 9.67. The molecule has 4 saturated heterocycles. The zero-order valence-corrected chi connectivity index (χ0v) is 22.5. The summed E-state index contributed by atoms with van der Waals surface area (Å²) in [5.41, 5.74) is 0.234. The molecule has 4 atom stereocenters. The van der Waals surface area contributed by atoms with Crippen molar-refractivity contribution in [1.82, 2.24) is 0 Å².